The number of hydrogen-bond acceptors (Lipinski definition) is 5. The Labute approximate surface area is 177 Å². The third kappa shape index (κ3) is 4.18. The molecule has 0 saturated carbocycles. The van der Waals surface area contributed by atoms with Crippen molar-refractivity contribution in [3.05, 3.63) is 23.8 Å². The minimum Gasteiger partial charge on any atom is -0.369 e. The number of nitrogens with two attached hydrogens (primary N) is 2. The normalized spacial score (nSPS) is 22.8. The molecule has 2 aliphatic rings. The summed E-state index contributed by atoms with van der Waals surface area (Å²) < 4.78 is 43.1. The molecule has 2 fully saturated rings. The molecule has 8 nitrogen and oxygen atoms in total. The van der Waals surface area contributed by atoms with Crippen LogP contribution in [0.2, 0.25) is 0 Å². The first-order valence-corrected chi connectivity index (χ1v) is 10.3. The van der Waals surface area contributed by atoms with Gasteiger partial charge in [0.25, 0.3) is 0 Å². The molecule has 2 saturated heterocycles. The highest BCUT2D eigenvalue weighted by Gasteiger charge is 2.31. The maximum absolute atomic E-state index is 14.0. The third-order valence-electron chi connectivity index (χ3n) is 6.17. The van der Waals surface area contributed by atoms with E-state index in [4.69, 9.17) is 11.5 Å². The number of likely N-dealkylation sites (tertiary alicyclic amines) is 1. The second kappa shape index (κ2) is 8.37. The molecule has 2 amide bonds. The molecule has 4 N–H and O–H groups in total. The van der Waals surface area contributed by atoms with Gasteiger partial charge in [0, 0.05) is 44.2 Å². The first-order valence-electron chi connectivity index (χ1n) is 10.3. The number of hydrogen-bond donors (Lipinski definition) is 2. The van der Waals surface area contributed by atoms with Gasteiger partial charge in [-0.05, 0) is 19.3 Å². The van der Waals surface area contributed by atoms with E-state index in [1.54, 1.807) is 9.80 Å². The summed E-state index contributed by atoms with van der Waals surface area (Å²) in [5, 5.41) is 0. The summed E-state index contributed by atoms with van der Waals surface area (Å²) >= 11 is 0. The zero-order chi connectivity index (χ0) is 22.3. The van der Waals surface area contributed by atoms with Crippen LogP contribution in [-0.2, 0) is 16.1 Å². The van der Waals surface area contributed by atoms with E-state index in [1.807, 2.05) is 0 Å². The summed E-state index contributed by atoms with van der Waals surface area (Å²) in [5.41, 5.74) is 11.7. The topological polar surface area (TPSA) is 110 Å². The Morgan fingerprint density at radius 3 is 2.42 bits per heavy atom. The number of carbonyl (C=O) groups excluding carboxylic acids is 2. The molecule has 168 valence electrons. The smallest absolute Gasteiger partial charge is 0.242 e. The minimum absolute atomic E-state index is 0.150. The number of carbonyl (C=O) groups is 2. The highest BCUT2D eigenvalue weighted by atomic mass is 19.2. The minimum atomic E-state index is -1.14. The van der Waals surface area contributed by atoms with E-state index in [1.165, 1.54) is 4.57 Å². The molecular weight excluding hydrogens is 413 g/mol. The Hall–Kier alpha value is -2.82. The van der Waals surface area contributed by atoms with E-state index in [2.05, 4.69) is 4.98 Å². The van der Waals surface area contributed by atoms with Crippen molar-refractivity contribution in [1.29, 1.82) is 0 Å². The highest BCUT2D eigenvalue weighted by molar-refractivity contribution is 5.84. The van der Waals surface area contributed by atoms with Gasteiger partial charge in [-0.15, -0.1) is 0 Å². The lowest BCUT2D eigenvalue weighted by Crippen LogP contribution is -2.50. The lowest BCUT2D eigenvalue weighted by atomic mass is 9.96. The molecule has 0 unspecified atom stereocenters. The molecule has 4 rings (SSSR count). The fourth-order valence-corrected chi connectivity index (χ4v) is 4.29. The Bertz CT molecular complexity index is 1000. The lowest BCUT2D eigenvalue weighted by Gasteiger charge is -2.34. The van der Waals surface area contributed by atoms with Crippen LogP contribution >= 0.6 is 0 Å². The van der Waals surface area contributed by atoms with Crippen LogP contribution in [0.25, 0.3) is 11.0 Å². The summed E-state index contributed by atoms with van der Waals surface area (Å²) in [7, 11) is 0. The number of anilines is 1. The van der Waals surface area contributed by atoms with Crippen molar-refractivity contribution in [3.8, 4) is 0 Å². The van der Waals surface area contributed by atoms with Crippen LogP contribution in [0.4, 0.5) is 19.1 Å². The SMILES string of the molecule is NC(=O)C1CCN(C(=O)Cn2c(N3CC[C@@H](F)[C@H](N)C3)nc3cc(F)c(F)cc32)CC1. The number of benzene rings is 1. The Morgan fingerprint density at radius 1 is 1.10 bits per heavy atom. The number of rotatable bonds is 4. The molecule has 2 aliphatic heterocycles. The zero-order valence-corrected chi connectivity index (χ0v) is 16.9. The summed E-state index contributed by atoms with van der Waals surface area (Å²) in [4.78, 5) is 32.1. The van der Waals surface area contributed by atoms with Gasteiger partial charge in [0.05, 0.1) is 17.1 Å². The standard InChI is InChI=1S/C20H25F3N6O2/c21-12-3-6-28(9-15(12)24)20-26-16-7-13(22)14(23)8-17(16)29(20)10-18(30)27-4-1-11(2-5-27)19(25)31/h7-8,11-12,15H,1-6,9-10,24H2,(H2,25,31)/t12-,15-/m1/s1. The molecular formula is C20H25F3N6O2. The molecule has 0 spiro atoms. The van der Waals surface area contributed by atoms with Crippen LogP contribution in [0.3, 0.4) is 0 Å². The van der Waals surface area contributed by atoms with E-state index in [0.29, 0.717) is 38.4 Å². The number of imidazole rings is 1. The molecule has 1 aromatic carbocycles. The predicted molar refractivity (Wildman–Crippen MR) is 108 cm³/mol. The van der Waals surface area contributed by atoms with Crippen LogP contribution in [-0.4, -0.2) is 64.7 Å². The number of piperidine rings is 2. The van der Waals surface area contributed by atoms with E-state index < -0.39 is 23.8 Å². The van der Waals surface area contributed by atoms with Crippen LogP contribution < -0.4 is 16.4 Å². The van der Waals surface area contributed by atoms with Gasteiger partial charge < -0.3 is 25.8 Å². The van der Waals surface area contributed by atoms with Crippen molar-refractivity contribution >= 4 is 28.8 Å². The Balaban J connectivity index is 1.63. The van der Waals surface area contributed by atoms with Crippen molar-refractivity contribution in [2.45, 2.75) is 38.0 Å². The maximum atomic E-state index is 14.0. The first-order chi connectivity index (χ1) is 14.7. The van der Waals surface area contributed by atoms with Crippen LogP contribution in [0.1, 0.15) is 19.3 Å². The Morgan fingerprint density at radius 2 is 1.77 bits per heavy atom. The summed E-state index contributed by atoms with van der Waals surface area (Å²) in [5.74, 6) is -2.63. The summed E-state index contributed by atoms with van der Waals surface area (Å²) in [6.07, 6.45) is 0.0215. The first kappa shape index (κ1) is 21.4. The van der Waals surface area contributed by atoms with Crippen molar-refractivity contribution in [3.63, 3.8) is 0 Å². The maximum Gasteiger partial charge on any atom is 0.242 e. The average molecular weight is 438 g/mol. The molecule has 11 heteroatoms. The zero-order valence-electron chi connectivity index (χ0n) is 16.9. The Kier molecular flexibility index (Phi) is 5.78. The second-order valence-corrected chi connectivity index (χ2v) is 8.22. The van der Waals surface area contributed by atoms with Crippen LogP contribution in [0.15, 0.2) is 12.1 Å². The predicted octanol–water partition coefficient (Wildman–Crippen LogP) is 0.914. The van der Waals surface area contributed by atoms with Crippen molar-refractivity contribution in [1.82, 2.24) is 14.5 Å². The van der Waals surface area contributed by atoms with Crippen molar-refractivity contribution in [2.75, 3.05) is 31.1 Å². The van der Waals surface area contributed by atoms with Gasteiger partial charge in [-0.2, -0.15) is 0 Å². The van der Waals surface area contributed by atoms with Gasteiger partial charge in [0.1, 0.15) is 12.7 Å². The number of alkyl halides is 1. The molecule has 2 aromatic rings. The molecule has 2 atom stereocenters. The van der Waals surface area contributed by atoms with Gasteiger partial charge in [0.15, 0.2) is 11.6 Å². The van der Waals surface area contributed by atoms with Crippen LogP contribution in [0.5, 0.6) is 0 Å². The van der Waals surface area contributed by atoms with E-state index >= 15 is 0 Å². The van der Waals surface area contributed by atoms with Gasteiger partial charge in [-0.3, -0.25) is 9.59 Å². The number of nitrogens with zero attached hydrogens (tertiary/aromatic N) is 4. The molecule has 0 radical (unpaired) electrons. The van der Waals surface area contributed by atoms with Gasteiger partial charge in [-0.25, -0.2) is 18.2 Å². The molecule has 31 heavy (non-hydrogen) atoms. The average Bonchev–Trinajstić information content (AvgIpc) is 3.07. The van der Waals surface area contributed by atoms with Gasteiger partial charge >= 0.3 is 0 Å². The highest BCUT2D eigenvalue weighted by Crippen LogP contribution is 2.28. The van der Waals surface area contributed by atoms with E-state index in [9.17, 15) is 22.8 Å². The number of fused-ring (bicyclic) bond motifs is 1. The quantitative estimate of drug-likeness (QED) is 0.738. The van der Waals surface area contributed by atoms with Crippen molar-refractivity contribution < 1.29 is 22.8 Å². The number of halogens is 3. The number of amides is 2. The van der Waals surface area contributed by atoms with E-state index in [0.717, 1.165) is 12.1 Å². The van der Waals surface area contributed by atoms with Crippen LogP contribution in [0, 0.1) is 17.6 Å². The molecule has 0 aliphatic carbocycles. The largest absolute Gasteiger partial charge is 0.369 e. The van der Waals surface area contributed by atoms with Crippen molar-refractivity contribution in [2.24, 2.45) is 17.4 Å². The summed E-state index contributed by atoms with van der Waals surface area (Å²) in [6, 6.07) is 1.27. The monoisotopic (exact) mass is 438 g/mol. The second-order valence-electron chi connectivity index (χ2n) is 8.22. The lowest BCUT2D eigenvalue weighted by molar-refractivity contribution is -0.135. The van der Waals surface area contributed by atoms with E-state index in [-0.39, 0.29) is 48.3 Å². The molecule has 0 bridgehead atoms. The fraction of sp³-hybridized carbons (Fsp3) is 0.550. The fourth-order valence-electron chi connectivity index (χ4n) is 4.29. The number of primary amides is 1. The number of aromatic nitrogens is 2. The van der Waals surface area contributed by atoms with Gasteiger partial charge in [-0.1, -0.05) is 0 Å². The third-order valence-corrected chi connectivity index (χ3v) is 6.17. The molecule has 3 heterocycles. The molecule has 1 aromatic heterocycles. The summed E-state index contributed by atoms with van der Waals surface area (Å²) in [6.45, 7) is 1.11. The van der Waals surface area contributed by atoms with Gasteiger partial charge in [0.2, 0.25) is 17.8 Å².